The van der Waals surface area contributed by atoms with Gasteiger partial charge in [-0.25, -0.2) is 9.97 Å². The second kappa shape index (κ2) is 7.59. The highest BCUT2D eigenvalue weighted by atomic mass is 35.5. The van der Waals surface area contributed by atoms with Crippen LogP contribution in [-0.2, 0) is 6.18 Å². The van der Waals surface area contributed by atoms with Crippen molar-refractivity contribution in [2.75, 3.05) is 11.9 Å². The van der Waals surface area contributed by atoms with Gasteiger partial charge >= 0.3 is 6.18 Å². The zero-order valence-corrected chi connectivity index (χ0v) is 14.7. The smallest absolute Gasteiger partial charge is 0.434 e. The van der Waals surface area contributed by atoms with Crippen molar-refractivity contribution >= 4 is 29.1 Å². The number of alkyl halides is 3. The van der Waals surface area contributed by atoms with E-state index in [-0.39, 0.29) is 22.4 Å². The first-order chi connectivity index (χ1) is 12.7. The second-order valence-electron chi connectivity index (χ2n) is 6.25. The van der Waals surface area contributed by atoms with E-state index >= 15 is 0 Å². The lowest BCUT2D eigenvalue weighted by Crippen LogP contribution is -2.33. The Morgan fingerprint density at radius 3 is 2.67 bits per heavy atom. The van der Waals surface area contributed by atoms with E-state index in [9.17, 15) is 23.1 Å². The number of nitrogens with one attached hydrogen (secondary N) is 2. The largest absolute Gasteiger partial charge is 0.506 e. The quantitative estimate of drug-likeness (QED) is 0.657. The van der Waals surface area contributed by atoms with Crippen LogP contribution in [0.5, 0.6) is 5.75 Å². The number of aromatic nitrogens is 2. The number of phenols is 1. The van der Waals surface area contributed by atoms with Gasteiger partial charge in [-0.2, -0.15) is 13.2 Å². The van der Waals surface area contributed by atoms with E-state index in [2.05, 4.69) is 20.6 Å². The molecule has 1 amide bonds. The Bertz CT molecular complexity index is 857. The number of aromatic hydroxyl groups is 1. The molecule has 0 saturated heterocycles. The van der Waals surface area contributed by atoms with Gasteiger partial charge in [0.05, 0.1) is 10.6 Å². The summed E-state index contributed by atoms with van der Waals surface area (Å²) >= 11 is 5.76. The molecule has 144 valence electrons. The van der Waals surface area contributed by atoms with Crippen molar-refractivity contribution in [2.45, 2.75) is 25.4 Å². The van der Waals surface area contributed by atoms with Crippen LogP contribution in [0.4, 0.5) is 24.8 Å². The normalized spacial score (nSPS) is 14.5. The van der Waals surface area contributed by atoms with Crippen LogP contribution in [0, 0.1) is 5.92 Å². The predicted octanol–water partition coefficient (Wildman–Crippen LogP) is 4.13. The summed E-state index contributed by atoms with van der Waals surface area (Å²) in [6.45, 7) is 0.335. The summed E-state index contributed by atoms with van der Waals surface area (Å²) in [4.78, 5) is 19.4. The van der Waals surface area contributed by atoms with Crippen LogP contribution < -0.4 is 10.6 Å². The molecule has 0 atom stereocenters. The molecule has 27 heavy (non-hydrogen) atoms. The molecule has 0 aliphatic heterocycles. The molecule has 0 unspecified atom stereocenters. The molecule has 3 N–H and O–H groups in total. The van der Waals surface area contributed by atoms with Crippen LogP contribution >= 0.6 is 11.6 Å². The number of phenolic OH excluding ortho intramolecular Hbond substituents is 1. The highest BCUT2D eigenvalue weighted by Gasteiger charge is 2.38. The van der Waals surface area contributed by atoms with E-state index in [4.69, 9.17) is 11.6 Å². The number of hydrogen-bond donors (Lipinski definition) is 3. The molecule has 1 aliphatic carbocycles. The molecule has 3 rings (SSSR count). The van der Waals surface area contributed by atoms with Crippen molar-refractivity contribution in [3.05, 3.63) is 40.7 Å². The Kier molecular flexibility index (Phi) is 5.41. The highest BCUT2D eigenvalue weighted by molar-refractivity contribution is 6.32. The first kappa shape index (κ1) is 19.2. The highest BCUT2D eigenvalue weighted by Crippen LogP contribution is 2.32. The third-order valence-electron chi connectivity index (χ3n) is 4.28. The maximum absolute atomic E-state index is 13.4. The van der Waals surface area contributed by atoms with Gasteiger partial charge in [0.25, 0.3) is 5.91 Å². The lowest BCUT2D eigenvalue weighted by molar-refractivity contribution is -0.141. The predicted molar refractivity (Wildman–Crippen MR) is 93.1 cm³/mol. The van der Waals surface area contributed by atoms with Crippen molar-refractivity contribution in [1.82, 2.24) is 15.3 Å². The van der Waals surface area contributed by atoms with Crippen molar-refractivity contribution < 1.29 is 23.1 Å². The topological polar surface area (TPSA) is 87.1 Å². The van der Waals surface area contributed by atoms with Crippen LogP contribution in [0.3, 0.4) is 0 Å². The maximum Gasteiger partial charge on any atom is 0.434 e. The molecule has 10 heteroatoms. The average Bonchev–Trinajstić information content (AvgIpc) is 2.56. The van der Waals surface area contributed by atoms with Gasteiger partial charge in [-0.1, -0.05) is 18.0 Å². The van der Waals surface area contributed by atoms with Crippen molar-refractivity contribution in [1.29, 1.82) is 0 Å². The van der Waals surface area contributed by atoms with Crippen LogP contribution in [0.2, 0.25) is 5.02 Å². The Hall–Kier alpha value is -2.55. The Morgan fingerprint density at radius 1 is 1.33 bits per heavy atom. The fourth-order valence-electron chi connectivity index (χ4n) is 2.57. The zero-order valence-electron chi connectivity index (χ0n) is 14.0. The Balaban J connectivity index is 1.82. The second-order valence-corrected chi connectivity index (χ2v) is 6.66. The Labute approximate surface area is 157 Å². The molecule has 0 spiro atoms. The molecule has 1 aromatic carbocycles. The lowest BCUT2D eigenvalue weighted by atomic mass is 9.85. The number of nitrogens with zero attached hydrogens (tertiary/aromatic N) is 2. The molecule has 1 heterocycles. The van der Waals surface area contributed by atoms with E-state index in [0.717, 1.165) is 25.5 Å². The number of anilines is 2. The first-order valence-electron chi connectivity index (χ1n) is 8.22. The fourth-order valence-corrected chi connectivity index (χ4v) is 2.75. The number of amides is 1. The number of benzene rings is 1. The summed E-state index contributed by atoms with van der Waals surface area (Å²) in [6.07, 6.45) is -0.994. The maximum atomic E-state index is 13.4. The van der Waals surface area contributed by atoms with Crippen molar-refractivity contribution in [3.8, 4) is 5.75 Å². The summed E-state index contributed by atoms with van der Waals surface area (Å²) in [6, 6.07) is 3.99. The molecular formula is C17H16ClF3N4O2. The molecule has 1 aliphatic rings. The fraction of sp³-hybridized carbons (Fsp3) is 0.353. The zero-order chi connectivity index (χ0) is 19.6. The van der Waals surface area contributed by atoms with Crippen molar-refractivity contribution in [3.63, 3.8) is 0 Å². The van der Waals surface area contributed by atoms with E-state index in [0.29, 0.717) is 12.5 Å². The van der Waals surface area contributed by atoms with Gasteiger partial charge in [0, 0.05) is 18.4 Å². The third-order valence-corrected chi connectivity index (χ3v) is 4.58. The number of carbonyl (C=O) groups excluding carboxylic acids is 1. The SMILES string of the molecule is O=C(NCC1CCC1)c1cnc(Nc2ccc(O)c(Cl)c2)nc1C(F)(F)F. The summed E-state index contributed by atoms with van der Waals surface area (Å²) in [5, 5.41) is 14.5. The van der Waals surface area contributed by atoms with E-state index in [1.807, 2.05) is 0 Å². The lowest BCUT2D eigenvalue weighted by Gasteiger charge is -2.25. The average molecular weight is 401 g/mol. The molecule has 0 bridgehead atoms. The summed E-state index contributed by atoms with van der Waals surface area (Å²) < 4.78 is 40.1. The molecule has 1 saturated carbocycles. The number of rotatable bonds is 5. The number of carbonyl (C=O) groups is 1. The number of hydrogen-bond acceptors (Lipinski definition) is 5. The van der Waals surface area contributed by atoms with Crippen LogP contribution in [0.15, 0.2) is 24.4 Å². The number of halogens is 4. The first-order valence-corrected chi connectivity index (χ1v) is 8.60. The minimum atomic E-state index is -4.82. The minimum absolute atomic E-state index is 0.0167. The van der Waals surface area contributed by atoms with E-state index < -0.39 is 23.3 Å². The van der Waals surface area contributed by atoms with Gasteiger partial charge in [-0.15, -0.1) is 0 Å². The third kappa shape index (κ3) is 4.60. The van der Waals surface area contributed by atoms with E-state index in [1.165, 1.54) is 18.2 Å². The summed E-state index contributed by atoms with van der Waals surface area (Å²) in [5.74, 6) is -1.06. The van der Waals surface area contributed by atoms with Gasteiger partial charge in [0.15, 0.2) is 5.69 Å². The van der Waals surface area contributed by atoms with Crippen LogP contribution in [0.25, 0.3) is 0 Å². The minimum Gasteiger partial charge on any atom is -0.506 e. The Morgan fingerprint density at radius 2 is 2.07 bits per heavy atom. The molecule has 6 nitrogen and oxygen atoms in total. The van der Waals surface area contributed by atoms with Gasteiger partial charge in [0.1, 0.15) is 5.75 Å². The van der Waals surface area contributed by atoms with Crippen LogP contribution in [-0.4, -0.2) is 27.5 Å². The monoisotopic (exact) mass is 400 g/mol. The van der Waals surface area contributed by atoms with E-state index in [1.54, 1.807) is 0 Å². The summed E-state index contributed by atoms with van der Waals surface area (Å²) in [5.41, 5.74) is -1.67. The van der Waals surface area contributed by atoms with Gasteiger partial charge in [-0.3, -0.25) is 4.79 Å². The molecule has 0 radical (unpaired) electrons. The molecule has 1 aromatic heterocycles. The molecular weight excluding hydrogens is 385 g/mol. The van der Waals surface area contributed by atoms with Crippen LogP contribution in [0.1, 0.15) is 35.3 Å². The van der Waals surface area contributed by atoms with Gasteiger partial charge < -0.3 is 15.7 Å². The molecule has 2 aromatic rings. The summed E-state index contributed by atoms with van der Waals surface area (Å²) in [7, 11) is 0. The van der Waals surface area contributed by atoms with Gasteiger partial charge in [-0.05, 0) is 37.0 Å². The molecule has 1 fully saturated rings. The standard InChI is InChI=1S/C17H16ClF3N4O2/c18-12-6-10(4-5-13(12)26)24-16-23-8-11(14(25-16)17(19,20)21)15(27)22-7-9-2-1-3-9/h4-6,8-9,26H,1-3,7H2,(H,22,27)(H,23,24,25). The van der Waals surface area contributed by atoms with Crippen molar-refractivity contribution in [2.24, 2.45) is 5.92 Å². The van der Waals surface area contributed by atoms with Gasteiger partial charge in [0.2, 0.25) is 5.95 Å².